The highest BCUT2D eigenvalue weighted by Crippen LogP contribution is 2.32. The summed E-state index contributed by atoms with van der Waals surface area (Å²) in [6.07, 6.45) is 2.37. The van der Waals surface area contributed by atoms with E-state index in [0.29, 0.717) is 13.2 Å². The number of rotatable bonds is 1. The van der Waals surface area contributed by atoms with Gasteiger partial charge in [0.25, 0.3) is 0 Å². The van der Waals surface area contributed by atoms with Gasteiger partial charge in [0.2, 0.25) is 0 Å². The van der Waals surface area contributed by atoms with Gasteiger partial charge in [0.15, 0.2) is 11.5 Å². The van der Waals surface area contributed by atoms with Gasteiger partial charge in [-0.25, -0.2) is 0 Å². The molecule has 0 fully saturated rings. The third-order valence-electron chi connectivity index (χ3n) is 4.55. The van der Waals surface area contributed by atoms with E-state index in [9.17, 15) is 0 Å². The first-order chi connectivity index (χ1) is 10.9. The lowest BCUT2D eigenvalue weighted by Gasteiger charge is -2.16. The van der Waals surface area contributed by atoms with E-state index in [1.54, 1.807) is 0 Å². The first-order valence-electron chi connectivity index (χ1n) is 8.07. The number of nitrogens with one attached hydrogen (secondary N) is 1. The number of hydrogen-bond acceptors (Lipinski definition) is 3. The van der Waals surface area contributed by atoms with E-state index in [1.165, 1.54) is 23.1 Å². The fourth-order valence-corrected chi connectivity index (χ4v) is 3.24. The van der Waals surface area contributed by atoms with E-state index >= 15 is 0 Å². The van der Waals surface area contributed by atoms with Crippen LogP contribution in [0.3, 0.4) is 0 Å². The molecule has 0 saturated heterocycles. The summed E-state index contributed by atoms with van der Waals surface area (Å²) < 4.78 is 11.9. The normalized spacial score (nSPS) is 18.2. The van der Waals surface area contributed by atoms with Crippen LogP contribution in [0.15, 0.2) is 42.5 Å². The molecule has 2 heterocycles. The Labute approximate surface area is 131 Å². The summed E-state index contributed by atoms with van der Waals surface area (Å²) in [5.74, 6) is 1.99. The van der Waals surface area contributed by atoms with Gasteiger partial charge >= 0.3 is 0 Å². The smallest absolute Gasteiger partial charge is 0.161 e. The van der Waals surface area contributed by atoms with E-state index in [0.717, 1.165) is 31.0 Å². The van der Waals surface area contributed by atoms with Gasteiger partial charge in [-0.2, -0.15) is 0 Å². The van der Waals surface area contributed by atoms with Gasteiger partial charge in [-0.05, 0) is 48.2 Å². The molecule has 2 aliphatic heterocycles. The molecule has 0 saturated carbocycles. The lowest BCUT2D eigenvalue weighted by molar-refractivity contribution is 0.263. The highest BCUT2D eigenvalue weighted by atomic mass is 16.5. The van der Waals surface area contributed by atoms with Crippen LogP contribution in [0.4, 0.5) is 0 Å². The van der Waals surface area contributed by atoms with Crippen LogP contribution in [0.25, 0.3) is 0 Å². The first-order valence-corrected chi connectivity index (χ1v) is 8.07. The number of ether oxygens (including phenoxy) is 2. The van der Waals surface area contributed by atoms with Crippen LogP contribution in [0.2, 0.25) is 0 Å². The molecule has 0 aromatic heterocycles. The maximum Gasteiger partial charge on any atom is 0.161 e. The van der Waals surface area contributed by atoms with Crippen LogP contribution < -0.4 is 14.8 Å². The molecule has 2 aliphatic rings. The number of fused-ring (bicyclic) bond motifs is 2. The molecule has 3 heteroatoms. The summed E-state index contributed by atoms with van der Waals surface area (Å²) in [5.41, 5.74) is 4.23. The average molecular weight is 295 g/mol. The Morgan fingerprint density at radius 2 is 1.68 bits per heavy atom. The molecule has 114 valence electrons. The lowest BCUT2D eigenvalue weighted by atomic mass is 9.94. The Balaban J connectivity index is 1.57. The van der Waals surface area contributed by atoms with Gasteiger partial charge in [-0.15, -0.1) is 0 Å². The Kier molecular flexibility index (Phi) is 3.73. The Bertz CT molecular complexity index is 641. The van der Waals surface area contributed by atoms with Gasteiger partial charge < -0.3 is 14.8 Å². The van der Waals surface area contributed by atoms with E-state index in [1.807, 2.05) is 24.3 Å². The number of para-hydroxylation sites is 2. The van der Waals surface area contributed by atoms with Crippen LogP contribution in [0.1, 0.15) is 29.0 Å². The summed E-state index contributed by atoms with van der Waals surface area (Å²) >= 11 is 0. The van der Waals surface area contributed by atoms with Gasteiger partial charge in [-0.3, -0.25) is 0 Å². The second-order valence-electron chi connectivity index (χ2n) is 6.07. The average Bonchev–Trinajstić information content (AvgIpc) is 2.92. The van der Waals surface area contributed by atoms with Crippen molar-refractivity contribution in [1.29, 1.82) is 0 Å². The molecule has 0 radical (unpaired) electrons. The molecule has 4 rings (SSSR count). The van der Waals surface area contributed by atoms with Crippen molar-refractivity contribution in [2.75, 3.05) is 19.8 Å². The summed E-state index contributed by atoms with van der Waals surface area (Å²) in [4.78, 5) is 0. The molecular weight excluding hydrogens is 274 g/mol. The number of hydrogen-bond donors (Lipinski definition) is 1. The van der Waals surface area contributed by atoms with Crippen molar-refractivity contribution < 1.29 is 9.47 Å². The van der Waals surface area contributed by atoms with Crippen LogP contribution in [0.5, 0.6) is 11.5 Å². The molecule has 0 aliphatic carbocycles. The quantitative estimate of drug-likeness (QED) is 0.876. The van der Waals surface area contributed by atoms with Gasteiger partial charge in [0.05, 0.1) is 19.1 Å². The van der Waals surface area contributed by atoms with E-state index in [-0.39, 0.29) is 5.92 Å². The molecular formula is C19H21NO2. The number of benzene rings is 2. The second-order valence-corrected chi connectivity index (χ2v) is 6.07. The Hall–Kier alpha value is -2.00. The van der Waals surface area contributed by atoms with Crippen molar-refractivity contribution in [2.24, 2.45) is 0 Å². The summed E-state index contributed by atoms with van der Waals surface area (Å²) in [6, 6.07) is 14.8. The zero-order valence-electron chi connectivity index (χ0n) is 12.7. The van der Waals surface area contributed by atoms with Crippen molar-refractivity contribution in [1.82, 2.24) is 5.32 Å². The highest BCUT2D eigenvalue weighted by Gasteiger charge is 2.20. The molecule has 1 N–H and O–H groups in total. The van der Waals surface area contributed by atoms with Crippen LogP contribution in [-0.4, -0.2) is 19.8 Å². The standard InChI is InChI=1S/C19H21NO2/c1-2-6-19-18(5-1)21-12-17(13-22-19)15-7-8-16-11-20-9-3-4-14(16)10-15/h1-2,5-8,10,17,20H,3-4,9,11-13H2. The fraction of sp³-hybridized carbons (Fsp3) is 0.368. The third kappa shape index (κ3) is 2.69. The summed E-state index contributed by atoms with van der Waals surface area (Å²) in [5, 5.41) is 3.47. The molecule has 22 heavy (non-hydrogen) atoms. The predicted octanol–water partition coefficient (Wildman–Crippen LogP) is 3.28. The molecule has 2 aromatic rings. The maximum atomic E-state index is 5.95. The monoisotopic (exact) mass is 295 g/mol. The summed E-state index contributed by atoms with van der Waals surface area (Å²) in [6.45, 7) is 3.44. The minimum atomic E-state index is 0.286. The largest absolute Gasteiger partial charge is 0.489 e. The van der Waals surface area contributed by atoms with Crippen molar-refractivity contribution in [3.05, 3.63) is 59.2 Å². The molecule has 0 bridgehead atoms. The zero-order valence-corrected chi connectivity index (χ0v) is 12.7. The molecule has 0 amide bonds. The topological polar surface area (TPSA) is 30.5 Å². The lowest BCUT2D eigenvalue weighted by Crippen LogP contribution is -2.15. The molecule has 2 aromatic carbocycles. The van der Waals surface area contributed by atoms with E-state index < -0.39 is 0 Å². The Morgan fingerprint density at radius 1 is 0.909 bits per heavy atom. The van der Waals surface area contributed by atoms with Crippen LogP contribution >= 0.6 is 0 Å². The first kappa shape index (κ1) is 13.6. The van der Waals surface area contributed by atoms with Crippen molar-refractivity contribution in [3.63, 3.8) is 0 Å². The summed E-state index contributed by atoms with van der Waals surface area (Å²) in [7, 11) is 0. The van der Waals surface area contributed by atoms with Crippen molar-refractivity contribution >= 4 is 0 Å². The van der Waals surface area contributed by atoms with Gasteiger partial charge in [0.1, 0.15) is 0 Å². The fourth-order valence-electron chi connectivity index (χ4n) is 3.24. The van der Waals surface area contributed by atoms with Crippen molar-refractivity contribution in [2.45, 2.75) is 25.3 Å². The van der Waals surface area contributed by atoms with Crippen LogP contribution in [0, 0.1) is 0 Å². The zero-order chi connectivity index (χ0) is 14.8. The molecule has 0 atom stereocenters. The van der Waals surface area contributed by atoms with Crippen LogP contribution in [-0.2, 0) is 13.0 Å². The maximum absolute atomic E-state index is 5.95. The predicted molar refractivity (Wildman–Crippen MR) is 86.6 cm³/mol. The highest BCUT2D eigenvalue weighted by molar-refractivity contribution is 5.41. The minimum Gasteiger partial charge on any atom is -0.489 e. The molecule has 0 spiro atoms. The minimum absolute atomic E-state index is 0.286. The third-order valence-corrected chi connectivity index (χ3v) is 4.55. The molecule has 0 unspecified atom stereocenters. The van der Waals surface area contributed by atoms with E-state index in [4.69, 9.17) is 9.47 Å². The van der Waals surface area contributed by atoms with Gasteiger partial charge in [-0.1, -0.05) is 30.3 Å². The second kappa shape index (κ2) is 6.01. The Morgan fingerprint density at radius 3 is 2.45 bits per heavy atom. The van der Waals surface area contributed by atoms with Gasteiger partial charge in [0, 0.05) is 6.54 Å². The number of aryl methyl sites for hydroxylation is 1. The molecule has 3 nitrogen and oxygen atoms in total. The SMILES string of the molecule is c1ccc2c(c1)OCC(c1ccc3c(c1)CCCNC3)CO2. The van der Waals surface area contributed by atoms with Crippen molar-refractivity contribution in [3.8, 4) is 11.5 Å². The van der Waals surface area contributed by atoms with E-state index in [2.05, 4.69) is 23.5 Å².